The minimum Gasteiger partial charge on any atom is -0.0649 e. The molecule has 0 unspecified atom stereocenters. The molecule has 0 atom stereocenters. The first-order chi connectivity index (χ1) is 9.70. The highest BCUT2D eigenvalue weighted by Gasteiger charge is 2.42. The lowest BCUT2D eigenvalue weighted by molar-refractivity contribution is 0.0129. The molecular weight excluding hydrogens is 252 g/mol. The quantitative estimate of drug-likeness (QED) is 0.364. The van der Waals surface area contributed by atoms with Crippen LogP contribution < -0.4 is 0 Å². The smallest absolute Gasteiger partial charge is 0.0298 e. The Morgan fingerprint density at radius 2 is 0.905 bits per heavy atom. The molecule has 0 amide bonds. The zero-order chi connectivity index (χ0) is 16.7. The summed E-state index contributed by atoms with van der Waals surface area (Å²) in [5, 5.41) is 0. The van der Waals surface area contributed by atoms with Gasteiger partial charge in [-0.25, -0.2) is 0 Å². The van der Waals surface area contributed by atoms with Crippen molar-refractivity contribution in [3.05, 3.63) is 0 Å². The Morgan fingerprint density at radius 1 is 0.571 bits per heavy atom. The first-order valence-electron chi connectivity index (χ1n) is 9.70. The highest BCUT2D eigenvalue weighted by atomic mass is 14.5. The van der Waals surface area contributed by atoms with Crippen molar-refractivity contribution in [1.29, 1.82) is 0 Å². The van der Waals surface area contributed by atoms with Crippen molar-refractivity contribution >= 4 is 0 Å². The third-order valence-corrected chi connectivity index (χ3v) is 7.66. The summed E-state index contributed by atoms with van der Waals surface area (Å²) in [4.78, 5) is 0. The fourth-order valence-electron chi connectivity index (χ4n) is 4.12. The molecule has 128 valence electrons. The van der Waals surface area contributed by atoms with Crippen molar-refractivity contribution in [1.82, 2.24) is 0 Å². The maximum Gasteiger partial charge on any atom is -0.0298 e. The highest BCUT2D eigenvalue weighted by Crippen LogP contribution is 2.52. The molecule has 0 N–H and O–H groups in total. The van der Waals surface area contributed by atoms with Gasteiger partial charge in [0.05, 0.1) is 0 Å². The third-order valence-electron chi connectivity index (χ3n) is 7.66. The number of hydrogen-bond acceptors (Lipinski definition) is 0. The van der Waals surface area contributed by atoms with E-state index < -0.39 is 0 Å². The van der Waals surface area contributed by atoms with Crippen LogP contribution in [-0.4, -0.2) is 0 Å². The molecule has 0 aromatic rings. The summed E-state index contributed by atoms with van der Waals surface area (Å²) in [7, 11) is 0. The molecule has 0 heteroatoms. The first kappa shape index (κ1) is 21.0. The second-order valence-electron chi connectivity index (χ2n) is 8.33. The largest absolute Gasteiger partial charge is 0.0649 e. The van der Waals surface area contributed by atoms with Crippen LogP contribution in [0.4, 0.5) is 0 Å². The van der Waals surface area contributed by atoms with E-state index in [2.05, 4.69) is 62.3 Å². The van der Waals surface area contributed by atoms with E-state index in [9.17, 15) is 0 Å². The summed E-state index contributed by atoms with van der Waals surface area (Å²) in [5.74, 6) is 0.854. The van der Waals surface area contributed by atoms with Gasteiger partial charge in [0.2, 0.25) is 0 Å². The molecule has 0 aliphatic heterocycles. The second kappa shape index (κ2) is 8.59. The van der Waals surface area contributed by atoms with Crippen molar-refractivity contribution in [2.75, 3.05) is 0 Å². The fraction of sp³-hybridized carbons (Fsp3) is 1.00. The van der Waals surface area contributed by atoms with Gasteiger partial charge in [-0.05, 0) is 35.0 Å². The lowest BCUT2D eigenvalue weighted by Crippen LogP contribution is -2.39. The molecule has 0 fully saturated rings. The van der Waals surface area contributed by atoms with E-state index in [4.69, 9.17) is 0 Å². The van der Waals surface area contributed by atoms with Crippen LogP contribution in [0.2, 0.25) is 0 Å². The van der Waals surface area contributed by atoms with E-state index >= 15 is 0 Å². The topological polar surface area (TPSA) is 0 Å². The van der Waals surface area contributed by atoms with Gasteiger partial charge in [0, 0.05) is 0 Å². The highest BCUT2D eigenvalue weighted by molar-refractivity contribution is 4.92. The Morgan fingerprint density at radius 3 is 1.14 bits per heavy atom. The van der Waals surface area contributed by atoms with Crippen molar-refractivity contribution in [3.8, 4) is 0 Å². The van der Waals surface area contributed by atoms with Gasteiger partial charge in [-0.1, -0.05) is 101 Å². The second-order valence-corrected chi connectivity index (χ2v) is 8.33. The van der Waals surface area contributed by atoms with Crippen molar-refractivity contribution < 1.29 is 0 Å². The molecule has 0 saturated carbocycles. The minimum absolute atomic E-state index is 0.503. The molecule has 0 radical (unpaired) electrons. The SMILES string of the molecule is CCC(C)(CC)CCC(C(C)(CC)CC)C(C)(CC)CC. The molecule has 0 rings (SSSR count). The minimum atomic E-state index is 0.503. The Hall–Kier alpha value is 0. The summed E-state index contributed by atoms with van der Waals surface area (Å²) in [6.07, 6.45) is 10.7. The molecule has 0 aromatic carbocycles. The normalized spacial score (nSPS) is 14.0. The van der Waals surface area contributed by atoms with E-state index in [1.807, 2.05) is 0 Å². The van der Waals surface area contributed by atoms with Gasteiger partial charge in [-0.15, -0.1) is 0 Å². The Balaban J connectivity index is 5.34. The Kier molecular flexibility index (Phi) is 8.59. The Labute approximate surface area is 136 Å². The van der Waals surface area contributed by atoms with Crippen molar-refractivity contribution in [2.45, 2.75) is 114 Å². The van der Waals surface area contributed by atoms with Crippen LogP contribution in [0.25, 0.3) is 0 Å². The number of hydrogen-bond donors (Lipinski definition) is 0. The molecule has 21 heavy (non-hydrogen) atoms. The molecule has 0 bridgehead atoms. The van der Waals surface area contributed by atoms with E-state index in [1.54, 1.807) is 0 Å². The lowest BCUT2D eigenvalue weighted by Gasteiger charge is -2.49. The summed E-state index contributed by atoms with van der Waals surface area (Å²) < 4.78 is 0. The van der Waals surface area contributed by atoms with Crippen LogP contribution in [0.3, 0.4) is 0 Å². The molecule has 0 heterocycles. The predicted octanol–water partition coefficient (Wildman–Crippen LogP) is 7.86. The van der Waals surface area contributed by atoms with E-state index in [1.165, 1.54) is 51.4 Å². The van der Waals surface area contributed by atoms with Crippen LogP contribution >= 0.6 is 0 Å². The van der Waals surface area contributed by atoms with E-state index in [-0.39, 0.29) is 0 Å². The van der Waals surface area contributed by atoms with Crippen LogP contribution in [0.1, 0.15) is 114 Å². The number of rotatable bonds is 11. The fourth-order valence-corrected chi connectivity index (χ4v) is 4.12. The van der Waals surface area contributed by atoms with Gasteiger partial charge in [-0.2, -0.15) is 0 Å². The molecule has 0 aromatic heterocycles. The average Bonchev–Trinajstić information content (AvgIpc) is 2.53. The standard InChI is InChI=1S/C21H44/c1-10-19(7,11-2)17-16-18(20(8,12-3)13-4)21(9,14-5)15-6/h18H,10-17H2,1-9H3. The maximum absolute atomic E-state index is 2.55. The zero-order valence-corrected chi connectivity index (χ0v) is 16.7. The monoisotopic (exact) mass is 296 g/mol. The molecule has 0 aliphatic carbocycles. The molecule has 0 spiro atoms. The van der Waals surface area contributed by atoms with Crippen LogP contribution in [-0.2, 0) is 0 Å². The summed E-state index contributed by atoms with van der Waals surface area (Å²) in [5.41, 5.74) is 1.55. The zero-order valence-electron chi connectivity index (χ0n) is 16.7. The van der Waals surface area contributed by atoms with E-state index in [0.717, 1.165) is 5.92 Å². The van der Waals surface area contributed by atoms with Gasteiger partial charge in [0.1, 0.15) is 0 Å². The summed E-state index contributed by atoms with van der Waals surface area (Å²) in [6, 6.07) is 0. The van der Waals surface area contributed by atoms with Crippen molar-refractivity contribution in [2.24, 2.45) is 22.2 Å². The van der Waals surface area contributed by atoms with Gasteiger partial charge >= 0.3 is 0 Å². The maximum atomic E-state index is 2.55. The van der Waals surface area contributed by atoms with Crippen molar-refractivity contribution in [3.63, 3.8) is 0 Å². The average molecular weight is 297 g/mol. The van der Waals surface area contributed by atoms with E-state index in [0.29, 0.717) is 16.2 Å². The predicted molar refractivity (Wildman–Crippen MR) is 98.8 cm³/mol. The molecule has 0 saturated heterocycles. The molecule has 0 nitrogen and oxygen atoms in total. The molecule has 0 aliphatic rings. The molecular formula is C21H44. The summed E-state index contributed by atoms with van der Waals surface area (Å²) >= 11 is 0. The van der Waals surface area contributed by atoms with Crippen LogP contribution in [0.15, 0.2) is 0 Å². The van der Waals surface area contributed by atoms with Crippen LogP contribution in [0.5, 0.6) is 0 Å². The van der Waals surface area contributed by atoms with Gasteiger partial charge in [0.15, 0.2) is 0 Å². The van der Waals surface area contributed by atoms with Gasteiger partial charge in [-0.3, -0.25) is 0 Å². The van der Waals surface area contributed by atoms with Crippen LogP contribution in [0, 0.1) is 22.2 Å². The third kappa shape index (κ3) is 5.00. The first-order valence-corrected chi connectivity index (χ1v) is 9.70. The van der Waals surface area contributed by atoms with Gasteiger partial charge < -0.3 is 0 Å². The van der Waals surface area contributed by atoms with Gasteiger partial charge in [0.25, 0.3) is 0 Å². The summed E-state index contributed by atoms with van der Waals surface area (Å²) in [6.45, 7) is 22.0. The lowest BCUT2D eigenvalue weighted by atomic mass is 9.56. The Bertz CT molecular complexity index is 246.